The molecule has 2 N–H and O–H groups in total. The molecule has 0 atom stereocenters. The highest BCUT2D eigenvalue weighted by Gasteiger charge is 2.30. The van der Waals surface area contributed by atoms with Crippen LogP contribution in [0.15, 0.2) is 11.2 Å². The van der Waals surface area contributed by atoms with Crippen LogP contribution in [0.5, 0.6) is 0 Å². The molecule has 0 aromatic carbocycles. The Morgan fingerprint density at radius 3 is 2.73 bits per heavy atom. The Labute approximate surface area is 201 Å². The van der Waals surface area contributed by atoms with Crippen molar-refractivity contribution in [2.45, 2.75) is 70.0 Å². The van der Waals surface area contributed by atoms with Crippen molar-refractivity contribution in [2.24, 2.45) is 11.3 Å². The van der Waals surface area contributed by atoms with Crippen molar-refractivity contribution in [3.05, 3.63) is 17.3 Å². The number of rotatable bonds is 6. The van der Waals surface area contributed by atoms with E-state index in [1.807, 2.05) is 6.26 Å². The number of hydrogen-bond acceptors (Lipinski definition) is 7. The lowest BCUT2D eigenvalue weighted by atomic mass is 9.76. The fraction of sp³-hybridized carbons (Fsp3) is 0.720. The standard InChI is InChI=1S/C25H38N6OS/c1-25(2)9-4-19-21(15-25)29-30-23(19)20-14-22(28-24(27-20)33-3)26-16-17-5-10-31(11-6-17)18-7-12-32-13-8-18/h14,17-18H,4-13,15-16H2,1-3H3,(H,29,30)(H,26,27,28). The number of fused-ring (bicyclic) bond motifs is 1. The molecule has 33 heavy (non-hydrogen) atoms. The maximum Gasteiger partial charge on any atom is 0.189 e. The van der Waals surface area contributed by atoms with Crippen LogP contribution in [0.3, 0.4) is 0 Å². The summed E-state index contributed by atoms with van der Waals surface area (Å²) in [7, 11) is 0. The Bertz CT molecular complexity index is 946. The van der Waals surface area contributed by atoms with Gasteiger partial charge in [0.25, 0.3) is 0 Å². The summed E-state index contributed by atoms with van der Waals surface area (Å²) in [5, 5.41) is 12.4. The monoisotopic (exact) mass is 470 g/mol. The number of hydrogen-bond donors (Lipinski definition) is 2. The van der Waals surface area contributed by atoms with Gasteiger partial charge in [-0.1, -0.05) is 25.6 Å². The average Bonchev–Trinajstić information content (AvgIpc) is 3.25. The van der Waals surface area contributed by atoms with Gasteiger partial charge in [-0.2, -0.15) is 5.10 Å². The molecule has 2 aromatic heterocycles. The third kappa shape index (κ3) is 5.38. The summed E-state index contributed by atoms with van der Waals surface area (Å²) in [5.74, 6) is 1.61. The fourth-order valence-corrected chi connectivity index (χ4v) is 5.99. The zero-order valence-corrected chi connectivity index (χ0v) is 21.1. The number of aromatic nitrogens is 4. The minimum atomic E-state index is 0.333. The number of H-pyrrole nitrogens is 1. The normalized spacial score (nSPS) is 22.3. The molecule has 5 rings (SSSR count). The van der Waals surface area contributed by atoms with Gasteiger partial charge >= 0.3 is 0 Å². The number of nitrogens with zero attached hydrogens (tertiary/aromatic N) is 4. The lowest BCUT2D eigenvalue weighted by molar-refractivity contribution is 0.0219. The fourth-order valence-electron chi connectivity index (χ4n) is 5.61. The van der Waals surface area contributed by atoms with Crippen LogP contribution >= 0.6 is 11.8 Å². The van der Waals surface area contributed by atoms with Crippen molar-refractivity contribution < 1.29 is 4.74 Å². The van der Waals surface area contributed by atoms with Gasteiger partial charge in [0, 0.05) is 43.1 Å². The van der Waals surface area contributed by atoms with E-state index in [9.17, 15) is 0 Å². The van der Waals surface area contributed by atoms with Gasteiger partial charge in [0.15, 0.2) is 5.16 Å². The maximum atomic E-state index is 5.54. The van der Waals surface area contributed by atoms with E-state index in [0.717, 1.165) is 61.0 Å². The summed E-state index contributed by atoms with van der Waals surface area (Å²) in [5.41, 5.74) is 4.89. The average molecular weight is 471 g/mol. The van der Waals surface area contributed by atoms with Crippen molar-refractivity contribution in [1.29, 1.82) is 0 Å². The van der Waals surface area contributed by atoms with Gasteiger partial charge in [-0.15, -0.1) is 0 Å². The highest BCUT2D eigenvalue weighted by molar-refractivity contribution is 7.98. The Hall–Kier alpha value is -1.64. The molecule has 0 unspecified atom stereocenters. The van der Waals surface area contributed by atoms with Crippen molar-refractivity contribution >= 4 is 17.6 Å². The molecule has 1 aliphatic carbocycles. The van der Waals surface area contributed by atoms with E-state index < -0.39 is 0 Å². The first-order valence-corrected chi connectivity index (χ1v) is 13.8. The molecule has 0 spiro atoms. The number of piperidine rings is 1. The van der Waals surface area contributed by atoms with Crippen LogP contribution in [0.4, 0.5) is 5.82 Å². The molecule has 2 saturated heterocycles. The van der Waals surface area contributed by atoms with Crippen LogP contribution in [-0.2, 0) is 17.6 Å². The zero-order chi connectivity index (χ0) is 22.8. The number of likely N-dealkylation sites (tertiary alicyclic amines) is 1. The van der Waals surface area contributed by atoms with Crippen molar-refractivity contribution in [3.63, 3.8) is 0 Å². The molecule has 2 fully saturated rings. The van der Waals surface area contributed by atoms with Gasteiger partial charge in [0.2, 0.25) is 0 Å². The summed E-state index contributed by atoms with van der Waals surface area (Å²) >= 11 is 1.59. The second kappa shape index (κ2) is 9.92. The number of nitrogens with one attached hydrogen (secondary N) is 2. The first kappa shape index (κ1) is 23.1. The summed E-state index contributed by atoms with van der Waals surface area (Å²) < 4.78 is 5.54. The molecule has 180 valence electrons. The molecule has 0 bridgehead atoms. The molecule has 0 amide bonds. The molecular weight excluding hydrogens is 432 g/mol. The summed E-state index contributed by atoms with van der Waals surface area (Å²) in [6.45, 7) is 9.91. The van der Waals surface area contributed by atoms with Gasteiger partial charge in [0.1, 0.15) is 11.5 Å². The first-order chi connectivity index (χ1) is 16.0. The molecule has 3 aliphatic rings. The second-order valence-electron chi connectivity index (χ2n) is 10.7. The van der Waals surface area contributed by atoms with E-state index in [-0.39, 0.29) is 0 Å². The zero-order valence-electron chi connectivity index (χ0n) is 20.3. The molecule has 0 radical (unpaired) electrons. The van der Waals surface area contributed by atoms with Crippen molar-refractivity contribution in [2.75, 3.05) is 44.4 Å². The van der Waals surface area contributed by atoms with E-state index in [2.05, 4.69) is 40.3 Å². The largest absolute Gasteiger partial charge is 0.381 e. The quantitative estimate of drug-likeness (QED) is 0.478. The van der Waals surface area contributed by atoms with Gasteiger partial charge in [0.05, 0.1) is 5.69 Å². The van der Waals surface area contributed by atoms with Gasteiger partial charge in [-0.05, 0) is 75.6 Å². The maximum absolute atomic E-state index is 5.54. The van der Waals surface area contributed by atoms with Crippen LogP contribution in [0.1, 0.15) is 57.2 Å². The smallest absolute Gasteiger partial charge is 0.189 e. The molecule has 7 nitrogen and oxygen atoms in total. The molecule has 8 heteroatoms. The Balaban J connectivity index is 1.23. The number of thioether (sulfide) groups is 1. The summed E-state index contributed by atoms with van der Waals surface area (Å²) in [4.78, 5) is 12.2. The van der Waals surface area contributed by atoms with E-state index in [4.69, 9.17) is 14.7 Å². The molecule has 2 aromatic rings. The SMILES string of the molecule is CSc1nc(NCC2CCN(C3CCOCC3)CC2)cc(-c2n[nH]c3c2CCC(C)(C)C3)n1. The van der Waals surface area contributed by atoms with Gasteiger partial charge in [-0.3, -0.25) is 5.10 Å². The third-order valence-electron chi connectivity index (χ3n) is 7.72. The van der Waals surface area contributed by atoms with E-state index in [0.29, 0.717) is 11.3 Å². The number of ether oxygens (including phenoxy) is 1. The molecule has 2 aliphatic heterocycles. The topological polar surface area (TPSA) is 79.0 Å². The van der Waals surface area contributed by atoms with Crippen LogP contribution < -0.4 is 5.32 Å². The minimum absolute atomic E-state index is 0.333. The van der Waals surface area contributed by atoms with E-state index >= 15 is 0 Å². The number of anilines is 1. The predicted octanol–water partition coefficient (Wildman–Crippen LogP) is 4.41. The van der Waals surface area contributed by atoms with Gasteiger partial charge < -0.3 is 15.0 Å². The lowest BCUT2D eigenvalue weighted by Gasteiger charge is -2.39. The predicted molar refractivity (Wildman–Crippen MR) is 134 cm³/mol. The van der Waals surface area contributed by atoms with Crippen molar-refractivity contribution in [1.82, 2.24) is 25.1 Å². The lowest BCUT2D eigenvalue weighted by Crippen LogP contribution is -2.44. The summed E-state index contributed by atoms with van der Waals surface area (Å²) in [6, 6.07) is 2.82. The van der Waals surface area contributed by atoms with Crippen molar-refractivity contribution in [3.8, 4) is 11.4 Å². The van der Waals surface area contributed by atoms with E-state index in [1.54, 1.807) is 11.8 Å². The van der Waals surface area contributed by atoms with Crippen LogP contribution in [0, 0.1) is 11.3 Å². The highest BCUT2D eigenvalue weighted by Crippen LogP contribution is 2.38. The Kier molecular flexibility index (Phi) is 6.95. The van der Waals surface area contributed by atoms with E-state index in [1.165, 1.54) is 56.5 Å². The van der Waals surface area contributed by atoms with Crippen LogP contribution in [0.2, 0.25) is 0 Å². The molecular formula is C25H38N6OS. The molecule has 4 heterocycles. The molecule has 0 saturated carbocycles. The highest BCUT2D eigenvalue weighted by atomic mass is 32.2. The minimum Gasteiger partial charge on any atom is -0.381 e. The Morgan fingerprint density at radius 1 is 1.18 bits per heavy atom. The van der Waals surface area contributed by atoms with Crippen LogP contribution in [-0.4, -0.2) is 70.2 Å². The number of aromatic amines is 1. The van der Waals surface area contributed by atoms with Crippen LogP contribution in [0.25, 0.3) is 11.4 Å². The second-order valence-corrected chi connectivity index (χ2v) is 11.5. The van der Waals surface area contributed by atoms with Gasteiger partial charge in [-0.25, -0.2) is 9.97 Å². The first-order valence-electron chi connectivity index (χ1n) is 12.6. The summed E-state index contributed by atoms with van der Waals surface area (Å²) in [6.07, 6.45) is 10.2. The Morgan fingerprint density at radius 2 is 1.97 bits per heavy atom. The third-order valence-corrected chi connectivity index (χ3v) is 8.27.